The van der Waals surface area contributed by atoms with Gasteiger partial charge in [-0.15, -0.1) is 0 Å². The lowest BCUT2D eigenvalue weighted by molar-refractivity contribution is -0.155. The van der Waals surface area contributed by atoms with Crippen molar-refractivity contribution in [2.45, 2.75) is 78.4 Å². The van der Waals surface area contributed by atoms with Crippen molar-refractivity contribution < 1.29 is 14.3 Å². The zero-order valence-electron chi connectivity index (χ0n) is 28.1. The number of esters is 1. The molecule has 3 fully saturated rings. The fraction of sp³-hybridized carbons (Fsp3) is 0.647. The topological polar surface area (TPSA) is 120 Å². The molecular formula is C34H52N8O3. The lowest BCUT2D eigenvalue weighted by Crippen LogP contribution is -2.52. The van der Waals surface area contributed by atoms with Crippen LogP contribution in [0.15, 0.2) is 18.2 Å². The summed E-state index contributed by atoms with van der Waals surface area (Å²) in [4.78, 5) is 44.3. The Hall–Kier alpha value is -3.44. The standard InChI is InChI=1S/C34H52N8O3/c1-7-27-33(42-13-10-24(22-42)21-29(43)45-34(3,4)5)38-32(30(37-27)31(35)44)36-25-8-9-28(23(2)20-25)41-14-11-26(12-15-41)40-18-16-39(6)17-19-40/h8-9,20,24,26H,7,10-19,21-22H2,1-6H3,(H2,35,44)(H,36,38)/t24-/m1/s1. The number of anilines is 4. The van der Waals surface area contributed by atoms with Crippen LogP contribution in [0.3, 0.4) is 0 Å². The average Bonchev–Trinajstić information content (AvgIpc) is 3.44. The van der Waals surface area contributed by atoms with Gasteiger partial charge in [0.05, 0.1) is 12.1 Å². The molecule has 11 nitrogen and oxygen atoms in total. The highest BCUT2D eigenvalue weighted by atomic mass is 16.6. The first-order chi connectivity index (χ1) is 21.4. The van der Waals surface area contributed by atoms with E-state index in [2.05, 4.69) is 56.0 Å². The third kappa shape index (κ3) is 8.24. The minimum absolute atomic E-state index is 0.132. The number of likely N-dealkylation sites (N-methyl/N-ethyl adjacent to an activating group) is 1. The van der Waals surface area contributed by atoms with Gasteiger partial charge in [-0.1, -0.05) is 6.92 Å². The van der Waals surface area contributed by atoms with Crippen molar-refractivity contribution in [3.8, 4) is 0 Å². The van der Waals surface area contributed by atoms with Crippen molar-refractivity contribution in [1.82, 2.24) is 19.8 Å². The van der Waals surface area contributed by atoms with E-state index in [9.17, 15) is 9.59 Å². The quantitative estimate of drug-likeness (QED) is 0.399. The van der Waals surface area contributed by atoms with Crippen LogP contribution in [-0.4, -0.2) is 103 Å². The summed E-state index contributed by atoms with van der Waals surface area (Å²) in [6.07, 6.45) is 4.20. The molecule has 5 rings (SSSR count). The summed E-state index contributed by atoms with van der Waals surface area (Å²) >= 11 is 0. The second-order valence-electron chi connectivity index (χ2n) is 14.0. The maximum absolute atomic E-state index is 12.5. The van der Waals surface area contributed by atoms with Crippen molar-refractivity contribution in [3.63, 3.8) is 0 Å². The SMILES string of the molecule is CCc1nc(C(N)=O)c(Nc2ccc(N3CCC(N4CCN(C)CC4)CC3)c(C)c2)nc1N1CC[C@H](CC(=O)OC(C)(C)C)C1. The summed E-state index contributed by atoms with van der Waals surface area (Å²) in [7, 11) is 2.21. The van der Waals surface area contributed by atoms with Crippen LogP contribution < -0.4 is 20.9 Å². The first kappa shape index (κ1) is 32.9. The number of rotatable bonds is 9. The third-order valence-electron chi connectivity index (χ3n) is 9.29. The van der Waals surface area contributed by atoms with E-state index in [1.54, 1.807) is 0 Å². The van der Waals surface area contributed by atoms with Gasteiger partial charge < -0.3 is 30.5 Å². The van der Waals surface area contributed by atoms with Gasteiger partial charge in [-0.25, -0.2) is 9.97 Å². The normalized spacial score (nSPS) is 20.4. The number of nitrogens with two attached hydrogens (primary N) is 1. The van der Waals surface area contributed by atoms with E-state index < -0.39 is 11.5 Å². The third-order valence-corrected chi connectivity index (χ3v) is 9.29. The lowest BCUT2D eigenvalue weighted by atomic mass is 10.0. The summed E-state index contributed by atoms with van der Waals surface area (Å²) in [5.74, 6) is 0.451. The molecule has 0 spiro atoms. The molecule has 1 atom stereocenters. The van der Waals surface area contributed by atoms with Crippen LogP contribution in [0.1, 0.15) is 75.1 Å². The Kier molecular flexibility index (Phi) is 10.2. The van der Waals surface area contributed by atoms with Crippen LogP contribution in [0, 0.1) is 12.8 Å². The van der Waals surface area contributed by atoms with E-state index >= 15 is 0 Å². The second-order valence-corrected chi connectivity index (χ2v) is 14.0. The molecule has 3 saturated heterocycles. The number of aromatic nitrogens is 2. The van der Waals surface area contributed by atoms with Gasteiger partial charge in [0, 0.05) is 69.8 Å². The Morgan fingerprint density at radius 3 is 2.31 bits per heavy atom. The molecule has 3 N–H and O–H groups in total. The smallest absolute Gasteiger partial charge is 0.306 e. The van der Waals surface area contributed by atoms with Crippen LogP contribution in [0.25, 0.3) is 0 Å². The number of hydrogen-bond donors (Lipinski definition) is 2. The van der Waals surface area contributed by atoms with Crippen molar-refractivity contribution >= 4 is 34.9 Å². The van der Waals surface area contributed by atoms with Gasteiger partial charge in [0.15, 0.2) is 17.3 Å². The van der Waals surface area contributed by atoms with Gasteiger partial charge in [-0.2, -0.15) is 0 Å². The van der Waals surface area contributed by atoms with Crippen LogP contribution in [0.2, 0.25) is 0 Å². The first-order valence-corrected chi connectivity index (χ1v) is 16.6. The predicted octanol–water partition coefficient (Wildman–Crippen LogP) is 3.96. The van der Waals surface area contributed by atoms with E-state index in [0.29, 0.717) is 31.2 Å². The van der Waals surface area contributed by atoms with Crippen LogP contribution in [0.5, 0.6) is 0 Å². The highest BCUT2D eigenvalue weighted by molar-refractivity contribution is 5.96. The fourth-order valence-electron chi connectivity index (χ4n) is 6.90. The first-order valence-electron chi connectivity index (χ1n) is 16.6. The summed E-state index contributed by atoms with van der Waals surface area (Å²) in [6.45, 7) is 18.0. The molecule has 1 aromatic carbocycles. The van der Waals surface area contributed by atoms with Gasteiger partial charge >= 0.3 is 5.97 Å². The highest BCUT2D eigenvalue weighted by Gasteiger charge is 2.31. The zero-order chi connectivity index (χ0) is 32.3. The van der Waals surface area contributed by atoms with Crippen LogP contribution in [-0.2, 0) is 16.0 Å². The Labute approximate surface area is 268 Å². The van der Waals surface area contributed by atoms with Crippen LogP contribution in [0.4, 0.5) is 23.0 Å². The van der Waals surface area contributed by atoms with E-state index in [-0.39, 0.29) is 17.6 Å². The monoisotopic (exact) mass is 620 g/mol. The van der Waals surface area contributed by atoms with Gasteiger partial charge in [-0.3, -0.25) is 14.5 Å². The molecule has 1 aromatic heterocycles. The summed E-state index contributed by atoms with van der Waals surface area (Å²) in [6, 6.07) is 6.98. The van der Waals surface area contributed by atoms with Crippen molar-refractivity contribution in [1.29, 1.82) is 0 Å². The molecule has 0 radical (unpaired) electrons. The zero-order valence-corrected chi connectivity index (χ0v) is 28.1. The minimum atomic E-state index is -0.618. The molecule has 11 heteroatoms. The largest absolute Gasteiger partial charge is 0.460 e. The van der Waals surface area contributed by atoms with Crippen LogP contribution >= 0.6 is 0 Å². The molecule has 0 bridgehead atoms. The molecule has 2 aromatic rings. The van der Waals surface area contributed by atoms with E-state index in [4.69, 9.17) is 15.5 Å². The molecule has 246 valence electrons. The number of primary amides is 1. The molecule has 3 aliphatic heterocycles. The predicted molar refractivity (Wildman–Crippen MR) is 179 cm³/mol. The summed E-state index contributed by atoms with van der Waals surface area (Å²) in [5, 5.41) is 3.36. The Bertz CT molecular complexity index is 1360. The number of carbonyl (C=O) groups excluding carboxylic acids is 2. The Balaban J connectivity index is 1.27. The number of ether oxygens (including phenoxy) is 1. The molecule has 3 aliphatic rings. The lowest BCUT2D eigenvalue weighted by Gasteiger charge is -2.43. The molecule has 0 aliphatic carbocycles. The van der Waals surface area contributed by atoms with Crippen molar-refractivity contribution in [3.05, 3.63) is 35.2 Å². The number of amides is 1. The Morgan fingerprint density at radius 1 is 1.00 bits per heavy atom. The van der Waals surface area contributed by atoms with E-state index in [0.717, 1.165) is 56.3 Å². The molecular weight excluding hydrogens is 568 g/mol. The fourth-order valence-corrected chi connectivity index (χ4v) is 6.90. The maximum Gasteiger partial charge on any atom is 0.306 e. The molecule has 45 heavy (non-hydrogen) atoms. The maximum atomic E-state index is 12.5. The molecule has 4 heterocycles. The van der Waals surface area contributed by atoms with E-state index in [1.165, 1.54) is 37.2 Å². The number of aryl methyl sites for hydroxylation is 2. The number of nitrogens with zero attached hydrogens (tertiary/aromatic N) is 6. The minimum Gasteiger partial charge on any atom is -0.460 e. The van der Waals surface area contributed by atoms with Gasteiger partial charge in [0.1, 0.15) is 5.60 Å². The number of hydrogen-bond acceptors (Lipinski definition) is 10. The summed E-state index contributed by atoms with van der Waals surface area (Å²) in [5.41, 5.74) is 9.39. The summed E-state index contributed by atoms with van der Waals surface area (Å²) < 4.78 is 5.55. The van der Waals surface area contributed by atoms with Gasteiger partial charge in [0.2, 0.25) is 0 Å². The molecule has 0 saturated carbocycles. The van der Waals surface area contributed by atoms with Gasteiger partial charge in [-0.05, 0) is 90.1 Å². The number of carbonyl (C=O) groups is 2. The number of benzene rings is 1. The second kappa shape index (κ2) is 13.9. The highest BCUT2D eigenvalue weighted by Crippen LogP contribution is 2.32. The average molecular weight is 621 g/mol. The molecule has 1 amide bonds. The van der Waals surface area contributed by atoms with E-state index in [1.807, 2.05) is 33.8 Å². The molecule has 0 unspecified atom stereocenters. The van der Waals surface area contributed by atoms with Crippen molar-refractivity contribution in [2.24, 2.45) is 11.7 Å². The van der Waals surface area contributed by atoms with Gasteiger partial charge in [0.25, 0.3) is 5.91 Å². The number of piperazine rings is 1. The number of nitrogens with one attached hydrogen (secondary N) is 1. The number of piperidine rings is 1. The van der Waals surface area contributed by atoms with Crippen molar-refractivity contribution in [2.75, 3.05) is 74.5 Å². The Morgan fingerprint density at radius 2 is 1.69 bits per heavy atom.